The van der Waals surface area contributed by atoms with Crippen LogP contribution in [0, 0.1) is 0 Å². The molecule has 0 bridgehead atoms. The van der Waals surface area contributed by atoms with E-state index >= 15 is 0 Å². The average molecular weight is 397 g/mol. The molecule has 0 spiro atoms. The topological polar surface area (TPSA) is 58.6 Å². The van der Waals surface area contributed by atoms with Gasteiger partial charge in [0.1, 0.15) is 6.61 Å². The molecule has 146 valence electrons. The van der Waals surface area contributed by atoms with Gasteiger partial charge >= 0.3 is 6.09 Å². The number of amides is 2. The number of hydrogen-bond donors (Lipinski definition) is 1. The van der Waals surface area contributed by atoms with Crippen molar-refractivity contribution in [3.63, 3.8) is 0 Å². The molecule has 1 aliphatic rings. The van der Waals surface area contributed by atoms with E-state index in [-0.39, 0.29) is 25.5 Å². The van der Waals surface area contributed by atoms with Crippen LogP contribution < -0.4 is 5.32 Å². The van der Waals surface area contributed by atoms with Gasteiger partial charge in [0.15, 0.2) is 0 Å². The largest absolute Gasteiger partial charge is 0.445 e. The van der Waals surface area contributed by atoms with E-state index in [2.05, 4.69) is 5.32 Å². The highest BCUT2D eigenvalue weighted by atomic mass is 32.2. The number of hydrogen-bond acceptors (Lipinski definition) is 4. The summed E-state index contributed by atoms with van der Waals surface area (Å²) in [6.07, 6.45) is 2.75. The molecular formula is C22H24N2O3S. The van der Waals surface area contributed by atoms with Crippen LogP contribution in [0.4, 0.5) is 4.79 Å². The molecule has 1 fully saturated rings. The summed E-state index contributed by atoms with van der Waals surface area (Å²) in [5, 5.41) is 3.62. The molecule has 5 nitrogen and oxygen atoms in total. The van der Waals surface area contributed by atoms with Gasteiger partial charge in [0, 0.05) is 25.3 Å². The Morgan fingerprint density at radius 3 is 2.54 bits per heavy atom. The second kappa shape index (κ2) is 10.6. The molecule has 1 N–H and O–H groups in total. The quantitative estimate of drug-likeness (QED) is 0.792. The van der Waals surface area contributed by atoms with Gasteiger partial charge in [0.25, 0.3) is 0 Å². The summed E-state index contributed by atoms with van der Waals surface area (Å²) < 4.78 is 5.17. The lowest BCUT2D eigenvalue weighted by Crippen LogP contribution is -2.36. The molecule has 0 saturated carbocycles. The van der Waals surface area contributed by atoms with Crippen molar-refractivity contribution in [3.05, 3.63) is 76.8 Å². The molecule has 0 atom stereocenters. The monoisotopic (exact) mass is 396 g/mol. The van der Waals surface area contributed by atoms with E-state index in [1.807, 2.05) is 71.6 Å². The first kappa shape index (κ1) is 20.0. The molecule has 2 aromatic rings. The van der Waals surface area contributed by atoms with E-state index in [1.54, 1.807) is 11.8 Å². The number of nitrogens with one attached hydrogen (secondary N) is 1. The van der Waals surface area contributed by atoms with Crippen molar-refractivity contribution in [1.82, 2.24) is 10.2 Å². The third-order valence-electron chi connectivity index (χ3n) is 4.25. The van der Waals surface area contributed by atoms with Gasteiger partial charge in [0.05, 0.1) is 5.03 Å². The zero-order valence-corrected chi connectivity index (χ0v) is 16.5. The summed E-state index contributed by atoms with van der Waals surface area (Å²) in [7, 11) is 0. The van der Waals surface area contributed by atoms with E-state index in [0.717, 1.165) is 28.3 Å². The minimum atomic E-state index is -0.510. The fourth-order valence-corrected chi connectivity index (χ4v) is 3.88. The summed E-state index contributed by atoms with van der Waals surface area (Å²) in [6, 6.07) is 19.5. The zero-order chi connectivity index (χ0) is 19.6. The molecule has 1 heterocycles. The SMILES string of the molecule is O=C(NCCC(=O)N1CCCS/C1=C/c1ccccc1)OCc1ccccc1. The Balaban J connectivity index is 1.46. The van der Waals surface area contributed by atoms with Crippen LogP contribution in [-0.2, 0) is 16.1 Å². The highest BCUT2D eigenvalue weighted by molar-refractivity contribution is 8.03. The van der Waals surface area contributed by atoms with Gasteiger partial charge in [-0.3, -0.25) is 4.79 Å². The predicted octanol–water partition coefficient (Wildman–Crippen LogP) is 4.27. The molecule has 0 radical (unpaired) electrons. The Bertz CT molecular complexity index is 809. The predicted molar refractivity (Wildman–Crippen MR) is 112 cm³/mol. The lowest BCUT2D eigenvalue weighted by molar-refractivity contribution is -0.128. The van der Waals surface area contributed by atoms with Crippen LogP contribution in [0.25, 0.3) is 6.08 Å². The third kappa shape index (κ3) is 6.16. The molecule has 0 unspecified atom stereocenters. The maximum absolute atomic E-state index is 12.6. The van der Waals surface area contributed by atoms with Crippen molar-refractivity contribution < 1.29 is 14.3 Å². The highest BCUT2D eigenvalue weighted by Gasteiger charge is 2.22. The van der Waals surface area contributed by atoms with E-state index in [0.29, 0.717) is 6.54 Å². The molecular weight excluding hydrogens is 372 g/mol. The maximum atomic E-state index is 12.6. The van der Waals surface area contributed by atoms with Crippen molar-refractivity contribution in [2.75, 3.05) is 18.8 Å². The lowest BCUT2D eigenvalue weighted by Gasteiger charge is -2.29. The maximum Gasteiger partial charge on any atom is 0.407 e. The van der Waals surface area contributed by atoms with Crippen molar-refractivity contribution >= 4 is 29.8 Å². The second-order valence-electron chi connectivity index (χ2n) is 6.38. The molecule has 1 saturated heterocycles. The Hall–Kier alpha value is -2.73. The van der Waals surface area contributed by atoms with Crippen LogP contribution in [0.1, 0.15) is 24.0 Å². The Morgan fingerprint density at radius 2 is 1.79 bits per heavy atom. The van der Waals surface area contributed by atoms with Crippen LogP contribution >= 0.6 is 11.8 Å². The molecule has 0 aromatic heterocycles. The van der Waals surface area contributed by atoms with E-state index in [4.69, 9.17) is 4.74 Å². The number of rotatable bonds is 6. The van der Waals surface area contributed by atoms with E-state index in [9.17, 15) is 9.59 Å². The fourth-order valence-electron chi connectivity index (χ4n) is 2.83. The Kier molecular flexibility index (Phi) is 7.55. The highest BCUT2D eigenvalue weighted by Crippen LogP contribution is 2.29. The van der Waals surface area contributed by atoms with Gasteiger partial charge in [-0.25, -0.2) is 4.79 Å². The summed E-state index contributed by atoms with van der Waals surface area (Å²) >= 11 is 1.69. The molecule has 28 heavy (non-hydrogen) atoms. The van der Waals surface area contributed by atoms with E-state index in [1.165, 1.54) is 0 Å². The molecule has 6 heteroatoms. The summed E-state index contributed by atoms with van der Waals surface area (Å²) in [4.78, 5) is 26.3. The number of thioether (sulfide) groups is 1. The normalized spacial score (nSPS) is 15.3. The number of carbonyl (C=O) groups excluding carboxylic acids is 2. The van der Waals surface area contributed by atoms with Gasteiger partial charge in [-0.05, 0) is 23.6 Å². The summed E-state index contributed by atoms with van der Waals surface area (Å²) in [5.41, 5.74) is 2.00. The number of benzene rings is 2. The Labute approximate surface area is 169 Å². The van der Waals surface area contributed by atoms with Crippen molar-refractivity contribution in [1.29, 1.82) is 0 Å². The third-order valence-corrected chi connectivity index (χ3v) is 5.38. The van der Waals surface area contributed by atoms with Crippen LogP contribution in [0.5, 0.6) is 0 Å². The van der Waals surface area contributed by atoms with Crippen molar-refractivity contribution in [2.45, 2.75) is 19.4 Å². The molecule has 2 aromatic carbocycles. The number of alkyl carbamates (subject to hydrolysis) is 1. The molecule has 0 aliphatic carbocycles. The van der Waals surface area contributed by atoms with Crippen LogP contribution in [0.3, 0.4) is 0 Å². The first-order chi connectivity index (χ1) is 13.7. The van der Waals surface area contributed by atoms with Gasteiger partial charge in [-0.15, -0.1) is 11.8 Å². The average Bonchev–Trinajstić information content (AvgIpc) is 2.74. The lowest BCUT2D eigenvalue weighted by atomic mass is 10.2. The van der Waals surface area contributed by atoms with Gasteiger partial charge in [-0.1, -0.05) is 60.7 Å². The Morgan fingerprint density at radius 1 is 1.07 bits per heavy atom. The van der Waals surface area contributed by atoms with Crippen molar-refractivity contribution in [2.24, 2.45) is 0 Å². The summed E-state index contributed by atoms with van der Waals surface area (Å²) in [5.74, 6) is 1.02. The van der Waals surface area contributed by atoms with Gasteiger partial charge in [0.2, 0.25) is 5.91 Å². The first-order valence-corrected chi connectivity index (χ1v) is 10.4. The molecule has 3 rings (SSSR count). The zero-order valence-electron chi connectivity index (χ0n) is 15.7. The van der Waals surface area contributed by atoms with Gasteiger partial charge < -0.3 is 15.0 Å². The van der Waals surface area contributed by atoms with Crippen molar-refractivity contribution in [3.8, 4) is 0 Å². The minimum Gasteiger partial charge on any atom is -0.445 e. The van der Waals surface area contributed by atoms with Crippen LogP contribution in [0.2, 0.25) is 0 Å². The number of ether oxygens (including phenoxy) is 1. The van der Waals surface area contributed by atoms with Gasteiger partial charge in [-0.2, -0.15) is 0 Å². The van der Waals surface area contributed by atoms with Crippen LogP contribution in [-0.4, -0.2) is 35.7 Å². The van der Waals surface area contributed by atoms with E-state index < -0.39 is 6.09 Å². The number of carbonyl (C=O) groups is 2. The van der Waals surface area contributed by atoms with Crippen LogP contribution in [0.15, 0.2) is 65.7 Å². The summed E-state index contributed by atoms with van der Waals surface area (Å²) in [6.45, 7) is 1.18. The number of nitrogens with zero attached hydrogens (tertiary/aromatic N) is 1. The smallest absolute Gasteiger partial charge is 0.407 e. The molecule has 1 aliphatic heterocycles. The first-order valence-electron chi connectivity index (χ1n) is 9.37. The standard InChI is InChI=1S/C22H24N2O3S/c25-20(12-13-23-22(26)27-17-19-10-5-2-6-11-19)24-14-7-15-28-21(24)16-18-8-3-1-4-9-18/h1-6,8-11,16H,7,12-15,17H2,(H,23,26)/b21-16+. The molecule has 2 amide bonds. The second-order valence-corrected chi connectivity index (χ2v) is 7.49. The minimum absolute atomic E-state index is 0.0118. The fraction of sp³-hybridized carbons (Fsp3) is 0.273.